The van der Waals surface area contributed by atoms with Crippen LogP contribution in [0.3, 0.4) is 0 Å². The summed E-state index contributed by atoms with van der Waals surface area (Å²) in [6.45, 7) is 1.73. The minimum Gasteiger partial charge on any atom is -0.481 e. The molecule has 0 saturated heterocycles. The average molecular weight is 263 g/mol. The van der Waals surface area contributed by atoms with E-state index in [1.165, 1.54) is 18.2 Å². The molecule has 1 rings (SSSR count). The maximum atomic E-state index is 11.0. The van der Waals surface area contributed by atoms with E-state index in [4.69, 9.17) is 10.4 Å². The maximum Gasteiger partial charge on any atom is 0.309 e. The Bertz CT molecular complexity index is 536. The molecule has 1 aromatic rings. The van der Waals surface area contributed by atoms with Gasteiger partial charge in [0.05, 0.1) is 4.92 Å². The first-order chi connectivity index (χ1) is 8.95. The van der Waals surface area contributed by atoms with Crippen LogP contribution in [0, 0.1) is 21.4 Å². The fourth-order valence-electron chi connectivity index (χ4n) is 1.62. The summed E-state index contributed by atoms with van der Waals surface area (Å²) in [5.74, 6) is -0.922. The summed E-state index contributed by atoms with van der Waals surface area (Å²) in [6.07, 6.45) is 0.309. The molecule has 0 aliphatic rings. The molecule has 0 aliphatic heterocycles. The van der Waals surface area contributed by atoms with E-state index in [0.717, 1.165) is 0 Å². The van der Waals surface area contributed by atoms with Gasteiger partial charge in [0.1, 0.15) is 17.3 Å². The third-order valence-corrected chi connectivity index (χ3v) is 2.53. The highest BCUT2D eigenvalue weighted by Gasteiger charge is 2.20. The highest BCUT2D eigenvalue weighted by Crippen LogP contribution is 2.28. The lowest BCUT2D eigenvalue weighted by Gasteiger charge is -2.14. The van der Waals surface area contributed by atoms with Crippen molar-refractivity contribution in [3.05, 3.63) is 33.9 Å². The lowest BCUT2D eigenvalue weighted by atomic mass is 10.1. The summed E-state index contributed by atoms with van der Waals surface area (Å²) >= 11 is 0. The minimum absolute atomic E-state index is 0.0274. The number of carbonyl (C=O) groups is 1. The Hall–Kier alpha value is -2.62. The molecule has 100 valence electrons. The average Bonchev–Trinajstić information content (AvgIpc) is 2.35. The van der Waals surface area contributed by atoms with Gasteiger partial charge in [-0.1, -0.05) is 6.07 Å². The third kappa shape index (κ3) is 3.96. The second-order valence-electron chi connectivity index (χ2n) is 4.05. The van der Waals surface area contributed by atoms with E-state index in [9.17, 15) is 14.9 Å². The number of benzene rings is 1. The summed E-state index contributed by atoms with van der Waals surface area (Å²) in [5.41, 5.74) is -0.0884. The Morgan fingerprint density at radius 1 is 1.63 bits per heavy atom. The van der Waals surface area contributed by atoms with E-state index in [1.54, 1.807) is 13.0 Å². The number of para-hydroxylation sites is 1. The first kappa shape index (κ1) is 14.4. The number of nitro groups is 1. The second kappa shape index (κ2) is 6.35. The van der Waals surface area contributed by atoms with Crippen molar-refractivity contribution in [2.75, 3.05) is 5.32 Å². The topological polar surface area (TPSA) is 116 Å². The summed E-state index contributed by atoms with van der Waals surface area (Å²) in [4.78, 5) is 20.8. The van der Waals surface area contributed by atoms with Gasteiger partial charge in [-0.2, -0.15) is 5.26 Å². The van der Waals surface area contributed by atoms with Gasteiger partial charge >= 0.3 is 11.7 Å². The fourth-order valence-corrected chi connectivity index (χ4v) is 1.62. The van der Waals surface area contributed by atoms with Crippen molar-refractivity contribution in [1.82, 2.24) is 0 Å². The van der Waals surface area contributed by atoms with Gasteiger partial charge in [-0.3, -0.25) is 14.9 Å². The van der Waals surface area contributed by atoms with Crippen molar-refractivity contribution < 1.29 is 14.8 Å². The third-order valence-electron chi connectivity index (χ3n) is 2.53. The number of nitriles is 1. The molecule has 7 heteroatoms. The standard InChI is InChI=1S/C12H13N3O4/c1-8(5-6-11(16)17)14-10-4-2-3-9(7-13)12(10)15(18)19/h2-4,8,14H,5-6H2,1H3,(H,16,17). The number of nitrogens with zero attached hydrogens (tertiary/aromatic N) is 2. The van der Waals surface area contributed by atoms with Crippen molar-refractivity contribution >= 4 is 17.3 Å². The van der Waals surface area contributed by atoms with Gasteiger partial charge in [0.25, 0.3) is 0 Å². The molecular weight excluding hydrogens is 250 g/mol. The molecule has 0 radical (unpaired) electrons. The van der Waals surface area contributed by atoms with Crippen LogP contribution in [0.2, 0.25) is 0 Å². The van der Waals surface area contributed by atoms with Crippen molar-refractivity contribution in [3.8, 4) is 6.07 Å². The molecule has 0 aromatic heterocycles. The molecule has 0 bridgehead atoms. The van der Waals surface area contributed by atoms with E-state index in [1.807, 2.05) is 0 Å². The Morgan fingerprint density at radius 3 is 2.84 bits per heavy atom. The molecule has 0 aliphatic carbocycles. The van der Waals surface area contributed by atoms with E-state index >= 15 is 0 Å². The predicted octanol–water partition coefficient (Wildman–Crippen LogP) is 2.13. The molecule has 0 amide bonds. The lowest BCUT2D eigenvalue weighted by molar-refractivity contribution is -0.384. The first-order valence-corrected chi connectivity index (χ1v) is 5.61. The number of nitro benzene ring substituents is 1. The van der Waals surface area contributed by atoms with Crippen LogP contribution < -0.4 is 5.32 Å². The molecule has 0 saturated carbocycles. The van der Waals surface area contributed by atoms with Gasteiger partial charge in [0, 0.05) is 12.5 Å². The molecule has 0 fully saturated rings. The number of carboxylic acid groups (broad SMARTS) is 1. The molecule has 1 unspecified atom stereocenters. The van der Waals surface area contributed by atoms with Gasteiger partial charge in [0.2, 0.25) is 0 Å². The Kier molecular flexibility index (Phi) is 4.83. The SMILES string of the molecule is CC(CCC(=O)O)Nc1cccc(C#N)c1[N+](=O)[O-]. The molecule has 7 nitrogen and oxygen atoms in total. The number of rotatable bonds is 6. The van der Waals surface area contributed by atoms with Gasteiger partial charge < -0.3 is 10.4 Å². The van der Waals surface area contributed by atoms with Gasteiger partial charge in [-0.15, -0.1) is 0 Å². The summed E-state index contributed by atoms with van der Waals surface area (Å²) in [6, 6.07) is 5.92. The van der Waals surface area contributed by atoms with Crippen LogP contribution in [0.25, 0.3) is 0 Å². The predicted molar refractivity (Wildman–Crippen MR) is 67.8 cm³/mol. The van der Waals surface area contributed by atoms with E-state index in [0.29, 0.717) is 6.42 Å². The lowest BCUT2D eigenvalue weighted by Crippen LogP contribution is -2.17. The molecule has 1 atom stereocenters. The van der Waals surface area contributed by atoms with Gasteiger partial charge in [-0.05, 0) is 25.5 Å². The van der Waals surface area contributed by atoms with Crippen LogP contribution in [0.1, 0.15) is 25.3 Å². The number of aliphatic carboxylic acids is 1. The van der Waals surface area contributed by atoms with Gasteiger partial charge in [-0.25, -0.2) is 0 Å². The van der Waals surface area contributed by atoms with Gasteiger partial charge in [0.15, 0.2) is 0 Å². The first-order valence-electron chi connectivity index (χ1n) is 5.61. The van der Waals surface area contributed by atoms with Crippen molar-refractivity contribution in [3.63, 3.8) is 0 Å². The van der Waals surface area contributed by atoms with Crippen LogP contribution in [-0.4, -0.2) is 22.0 Å². The smallest absolute Gasteiger partial charge is 0.309 e. The van der Waals surface area contributed by atoms with Crippen LogP contribution in [0.4, 0.5) is 11.4 Å². The highest BCUT2D eigenvalue weighted by atomic mass is 16.6. The molecule has 2 N–H and O–H groups in total. The molecular formula is C12H13N3O4. The minimum atomic E-state index is -0.922. The Morgan fingerprint density at radius 2 is 2.32 bits per heavy atom. The summed E-state index contributed by atoms with van der Waals surface area (Å²) < 4.78 is 0. The van der Waals surface area contributed by atoms with Crippen LogP contribution in [-0.2, 0) is 4.79 Å². The molecule has 0 heterocycles. The summed E-state index contributed by atoms with van der Waals surface area (Å²) in [7, 11) is 0. The van der Waals surface area contributed by atoms with Crippen LogP contribution in [0.15, 0.2) is 18.2 Å². The van der Waals surface area contributed by atoms with E-state index in [2.05, 4.69) is 5.32 Å². The number of hydrogen-bond acceptors (Lipinski definition) is 5. The van der Waals surface area contributed by atoms with Crippen molar-refractivity contribution in [1.29, 1.82) is 5.26 Å². The van der Waals surface area contributed by atoms with Crippen molar-refractivity contribution in [2.24, 2.45) is 0 Å². The number of anilines is 1. The van der Waals surface area contributed by atoms with E-state index in [-0.39, 0.29) is 29.4 Å². The Labute approximate surface area is 109 Å². The highest BCUT2D eigenvalue weighted by molar-refractivity contribution is 5.69. The number of nitrogens with one attached hydrogen (secondary N) is 1. The van der Waals surface area contributed by atoms with Crippen LogP contribution in [0.5, 0.6) is 0 Å². The molecule has 0 spiro atoms. The second-order valence-corrected chi connectivity index (χ2v) is 4.05. The molecule has 19 heavy (non-hydrogen) atoms. The number of carboxylic acids is 1. The van der Waals surface area contributed by atoms with Crippen LogP contribution >= 0.6 is 0 Å². The fraction of sp³-hybridized carbons (Fsp3) is 0.333. The zero-order valence-corrected chi connectivity index (χ0v) is 10.3. The quantitative estimate of drug-likeness (QED) is 0.599. The maximum absolute atomic E-state index is 11.0. The normalized spacial score (nSPS) is 11.4. The molecule has 1 aromatic carbocycles. The largest absolute Gasteiger partial charge is 0.481 e. The van der Waals surface area contributed by atoms with E-state index < -0.39 is 10.9 Å². The number of hydrogen-bond donors (Lipinski definition) is 2. The zero-order chi connectivity index (χ0) is 14.4. The Balaban J connectivity index is 2.92. The summed E-state index contributed by atoms with van der Waals surface area (Å²) in [5, 5.41) is 31.3. The monoisotopic (exact) mass is 263 g/mol. The van der Waals surface area contributed by atoms with Crippen molar-refractivity contribution in [2.45, 2.75) is 25.8 Å². The zero-order valence-electron chi connectivity index (χ0n) is 10.3.